The number of methoxy groups -OCH3 is 2. The minimum atomic E-state index is -2.93. The molecule has 0 amide bonds. The quantitative estimate of drug-likeness (QED) is 0.246. The van der Waals surface area contributed by atoms with Crippen LogP contribution in [-0.2, 0) is 6.61 Å². The molecule has 1 saturated carbocycles. The van der Waals surface area contributed by atoms with Gasteiger partial charge in [0.2, 0.25) is 17.6 Å². The van der Waals surface area contributed by atoms with Crippen LogP contribution in [0.5, 0.6) is 17.6 Å². The summed E-state index contributed by atoms with van der Waals surface area (Å²) in [6, 6.07) is 9.16. The van der Waals surface area contributed by atoms with Gasteiger partial charge in [0, 0.05) is 18.4 Å². The number of aromatic nitrogens is 4. The predicted molar refractivity (Wildman–Crippen MR) is 146 cm³/mol. The van der Waals surface area contributed by atoms with Crippen LogP contribution in [0.1, 0.15) is 56.4 Å². The number of nitrogens with zero attached hydrogens (tertiary/aromatic N) is 4. The molecule has 7 nitrogen and oxygen atoms in total. The number of ether oxygens (including phenoxy) is 3. The van der Waals surface area contributed by atoms with Gasteiger partial charge < -0.3 is 14.2 Å². The molecule has 204 valence electrons. The van der Waals surface area contributed by atoms with Crippen LogP contribution in [0.25, 0.3) is 17.0 Å². The summed E-state index contributed by atoms with van der Waals surface area (Å²) in [6.07, 6.45) is 10.1. The van der Waals surface area contributed by atoms with Crippen LogP contribution in [0, 0.1) is 0 Å². The molecule has 0 bridgehead atoms. The van der Waals surface area contributed by atoms with Crippen molar-refractivity contribution in [2.24, 2.45) is 0 Å². The third-order valence-electron chi connectivity index (χ3n) is 6.26. The van der Waals surface area contributed by atoms with E-state index in [4.69, 9.17) is 14.2 Å². The van der Waals surface area contributed by atoms with Crippen molar-refractivity contribution in [3.63, 3.8) is 0 Å². The van der Waals surface area contributed by atoms with Crippen molar-refractivity contribution >= 4 is 5.57 Å². The second-order valence-corrected chi connectivity index (χ2v) is 9.21. The molecule has 0 atom stereocenters. The average Bonchev–Trinajstić information content (AvgIpc) is 3.79. The van der Waals surface area contributed by atoms with E-state index < -0.39 is 5.92 Å². The lowest BCUT2D eigenvalue weighted by Crippen LogP contribution is -2.12. The van der Waals surface area contributed by atoms with Gasteiger partial charge in [-0.2, -0.15) is 9.97 Å². The molecule has 1 aromatic carbocycles. The molecule has 1 aliphatic carbocycles. The van der Waals surface area contributed by atoms with Gasteiger partial charge in [-0.25, -0.2) is 18.7 Å². The van der Waals surface area contributed by atoms with Gasteiger partial charge in [-0.1, -0.05) is 42.5 Å². The van der Waals surface area contributed by atoms with Gasteiger partial charge in [0.1, 0.15) is 18.5 Å². The number of rotatable bonds is 11. The number of alkyl halides is 2. The normalized spacial score (nSPS) is 14.5. The van der Waals surface area contributed by atoms with Crippen molar-refractivity contribution in [1.82, 2.24) is 19.9 Å². The number of halogens is 2. The van der Waals surface area contributed by atoms with Crippen molar-refractivity contribution in [2.45, 2.75) is 52.1 Å². The Morgan fingerprint density at radius 2 is 1.74 bits per heavy atom. The smallest absolute Gasteiger partial charge is 0.270 e. The lowest BCUT2D eigenvalue weighted by atomic mass is 9.99. The molecule has 2 heterocycles. The van der Waals surface area contributed by atoms with Gasteiger partial charge in [0.05, 0.1) is 26.0 Å². The first-order valence-corrected chi connectivity index (χ1v) is 12.7. The Bertz CT molecular complexity index is 1390. The SMILES string of the molecule is C\C=C/C(=C\C(=C/C)C(C)(F)F)c1ccc(COc2cc(OC)nc(-c3c(OC)ncnc3C3CC3)n2)cc1. The molecule has 1 fully saturated rings. The molecular formula is C30H32F2N4O3. The summed E-state index contributed by atoms with van der Waals surface area (Å²) in [6.45, 7) is 4.59. The van der Waals surface area contributed by atoms with Crippen LogP contribution in [0.15, 0.2) is 66.5 Å². The van der Waals surface area contributed by atoms with Gasteiger partial charge in [-0.15, -0.1) is 0 Å². The van der Waals surface area contributed by atoms with Crippen LogP contribution >= 0.6 is 0 Å². The molecule has 0 aliphatic heterocycles. The van der Waals surface area contributed by atoms with Gasteiger partial charge in [-0.05, 0) is 49.5 Å². The Morgan fingerprint density at radius 1 is 1.03 bits per heavy atom. The first kappa shape index (κ1) is 27.9. The Labute approximate surface area is 227 Å². The third kappa shape index (κ3) is 6.85. The largest absolute Gasteiger partial charge is 0.481 e. The summed E-state index contributed by atoms with van der Waals surface area (Å²) in [7, 11) is 3.08. The molecule has 0 N–H and O–H groups in total. The van der Waals surface area contributed by atoms with Crippen LogP contribution in [-0.4, -0.2) is 40.1 Å². The highest BCUT2D eigenvalue weighted by Gasteiger charge is 2.32. The average molecular weight is 535 g/mol. The maximum absolute atomic E-state index is 13.9. The minimum absolute atomic E-state index is 0.0400. The lowest BCUT2D eigenvalue weighted by molar-refractivity contribution is 0.0674. The first-order chi connectivity index (χ1) is 18.8. The molecule has 0 spiro atoms. The highest BCUT2D eigenvalue weighted by Crippen LogP contribution is 2.45. The zero-order valence-corrected chi connectivity index (χ0v) is 22.7. The molecule has 3 aromatic rings. The second-order valence-electron chi connectivity index (χ2n) is 9.21. The van der Waals surface area contributed by atoms with E-state index in [1.165, 1.54) is 25.6 Å². The van der Waals surface area contributed by atoms with Gasteiger partial charge in [0.25, 0.3) is 5.92 Å². The summed E-state index contributed by atoms with van der Waals surface area (Å²) >= 11 is 0. The fraction of sp³-hybridized carbons (Fsp3) is 0.333. The van der Waals surface area contributed by atoms with Gasteiger partial charge in [0.15, 0.2) is 5.82 Å². The molecule has 1 aliphatic rings. The van der Waals surface area contributed by atoms with Gasteiger partial charge >= 0.3 is 0 Å². The van der Waals surface area contributed by atoms with E-state index >= 15 is 0 Å². The maximum atomic E-state index is 13.9. The first-order valence-electron chi connectivity index (χ1n) is 12.7. The Hall–Kier alpha value is -4.14. The Balaban J connectivity index is 1.57. The maximum Gasteiger partial charge on any atom is 0.270 e. The zero-order valence-electron chi connectivity index (χ0n) is 22.7. The van der Waals surface area contributed by atoms with Crippen LogP contribution < -0.4 is 14.2 Å². The van der Waals surface area contributed by atoms with Gasteiger partial charge in [-0.3, -0.25) is 0 Å². The van der Waals surface area contributed by atoms with Crippen molar-refractivity contribution in [3.8, 4) is 29.0 Å². The molecule has 0 radical (unpaired) electrons. The van der Waals surface area contributed by atoms with E-state index in [-0.39, 0.29) is 12.2 Å². The number of hydrogen-bond acceptors (Lipinski definition) is 7. The summed E-state index contributed by atoms with van der Waals surface area (Å²) in [5.41, 5.74) is 3.83. The summed E-state index contributed by atoms with van der Waals surface area (Å²) in [4.78, 5) is 17.8. The van der Waals surface area contributed by atoms with Crippen molar-refractivity contribution in [2.75, 3.05) is 14.2 Å². The highest BCUT2D eigenvalue weighted by molar-refractivity contribution is 5.76. The zero-order chi connectivity index (χ0) is 28.0. The molecule has 4 rings (SSSR count). The molecule has 39 heavy (non-hydrogen) atoms. The number of benzene rings is 1. The molecular weight excluding hydrogens is 502 g/mol. The van der Waals surface area contributed by atoms with E-state index in [1.54, 1.807) is 20.1 Å². The topological polar surface area (TPSA) is 79.2 Å². The van der Waals surface area contributed by atoms with Crippen LogP contribution in [0.3, 0.4) is 0 Å². The second kappa shape index (κ2) is 12.1. The van der Waals surface area contributed by atoms with E-state index in [2.05, 4.69) is 19.9 Å². The molecule has 9 heteroatoms. The highest BCUT2D eigenvalue weighted by atomic mass is 19.3. The van der Waals surface area contributed by atoms with E-state index in [9.17, 15) is 8.78 Å². The van der Waals surface area contributed by atoms with Crippen molar-refractivity contribution in [1.29, 1.82) is 0 Å². The van der Waals surface area contributed by atoms with Crippen LogP contribution in [0.2, 0.25) is 0 Å². The summed E-state index contributed by atoms with van der Waals surface area (Å²) < 4.78 is 44.8. The van der Waals surface area contributed by atoms with E-state index in [0.29, 0.717) is 40.5 Å². The molecule has 0 saturated heterocycles. The number of hydrogen-bond donors (Lipinski definition) is 0. The minimum Gasteiger partial charge on any atom is -0.481 e. The lowest BCUT2D eigenvalue weighted by Gasteiger charge is -2.14. The summed E-state index contributed by atoms with van der Waals surface area (Å²) in [5, 5.41) is 0. The third-order valence-corrected chi connectivity index (χ3v) is 6.26. The molecule has 0 unspecified atom stereocenters. The standard InChI is InChI=1S/C30H32F2N4O3/c1-6-8-22(15-23(7-2)30(3,31)32)20-11-9-19(10-12-20)17-39-25-16-24(37-4)35-28(36-25)26-27(21-13-14-21)33-18-34-29(26)38-5/h6-12,15-16,18,21H,13-14,17H2,1-5H3/b8-6-,22-15+,23-7+. The van der Waals surface area contributed by atoms with E-state index in [0.717, 1.165) is 36.6 Å². The monoisotopic (exact) mass is 534 g/mol. The Kier molecular flexibility index (Phi) is 8.69. The summed E-state index contributed by atoms with van der Waals surface area (Å²) in [5.74, 6) is -1.18. The predicted octanol–water partition coefficient (Wildman–Crippen LogP) is 6.97. The fourth-order valence-electron chi connectivity index (χ4n) is 4.10. The molecule has 2 aromatic heterocycles. The van der Waals surface area contributed by atoms with Crippen molar-refractivity contribution in [3.05, 3.63) is 83.4 Å². The Morgan fingerprint density at radius 3 is 2.33 bits per heavy atom. The van der Waals surface area contributed by atoms with Crippen molar-refractivity contribution < 1.29 is 23.0 Å². The number of allylic oxidation sites excluding steroid dienone is 6. The fourth-order valence-corrected chi connectivity index (χ4v) is 4.10. The van der Waals surface area contributed by atoms with Crippen LogP contribution in [0.4, 0.5) is 8.78 Å². The van der Waals surface area contributed by atoms with E-state index in [1.807, 2.05) is 43.3 Å².